The Bertz CT molecular complexity index is 1400. The van der Waals surface area contributed by atoms with Gasteiger partial charge in [0.1, 0.15) is 23.6 Å². The Kier molecular flexibility index (Phi) is 12.8. The standard InChI is InChI=1S/C39H62FN3O9/c1-11-30-39(8)34(41)22(4)32(51-39)20(2)18-38(7,46)35(50-37-31(44)29(43(9)10)16-21(3)48-37)23(5)33(24(6)36(45)49-30)47-19-27-17-28(42-52-27)25-12-14-26(40)15-13-25/h12-15,20-24,27,29-35,37,44,46H,11,16-19,41H2,1-10H3/t20-,21-,22-,23+,24-,27?,29+,30+,31-,32-,33+,34+,35-,37+,38+,39?/m1/s1. The van der Waals surface area contributed by atoms with Crippen molar-refractivity contribution in [2.45, 2.75) is 153 Å². The van der Waals surface area contributed by atoms with Gasteiger partial charge in [-0.25, -0.2) is 4.39 Å². The molecular weight excluding hydrogens is 673 g/mol. The third-order valence-corrected chi connectivity index (χ3v) is 12.1. The van der Waals surface area contributed by atoms with Crippen LogP contribution < -0.4 is 5.73 Å². The van der Waals surface area contributed by atoms with E-state index in [1.807, 2.05) is 60.5 Å². The summed E-state index contributed by atoms with van der Waals surface area (Å²) in [6.07, 6.45) is -3.75. The summed E-state index contributed by atoms with van der Waals surface area (Å²) >= 11 is 0. The Morgan fingerprint density at radius 3 is 2.40 bits per heavy atom. The van der Waals surface area contributed by atoms with Crippen LogP contribution in [0, 0.1) is 29.5 Å². The largest absolute Gasteiger partial charge is 0.459 e. The molecule has 0 radical (unpaired) electrons. The van der Waals surface area contributed by atoms with Crippen molar-refractivity contribution in [2.24, 2.45) is 34.6 Å². The summed E-state index contributed by atoms with van der Waals surface area (Å²) in [6.45, 7) is 15.3. The van der Waals surface area contributed by atoms with Crippen LogP contribution in [0.4, 0.5) is 4.39 Å². The molecule has 0 aromatic heterocycles. The van der Waals surface area contributed by atoms with Crippen LogP contribution in [0.1, 0.15) is 86.6 Å². The Morgan fingerprint density at radius 1 is 1.10 bits per heavy atom. The van der Waals surface area contributed by atoms with E-state index in [1.165, 1.54) is 12.1 Å². The van der Waals surface area contributed by atoms with E-state index in [1.54, 1.807) is 26.0 Å². The fourth-order valence-corrected chi connectivity index (χ4v) is 9.11. The van der Waals surface area contributed by atoms with Crippen LogP contribution in [0.2, 0.25) is 0 Å². The van der Waals surface area contributed by atoms with Crippen LogP contribution in [0.3, 0.4) is 0 Å². The second-order valence-corrected chi connectivity index (χ2v) is 16.6. The number of oxime groups is 1. The van der Waals surface area contributed by atoms with E-state index in [4.69, 9.17) is 34.3 Å². The summed E-state index contributed by atoms with van der Waals surface area (Å²) in [5.41, 5.74) is 5.79. The van der Waals surface area contributed by atoms with Crippen LogP contribution in [-0.4, -0.2) is 120 Å². The zero-order chi connectivity index (χ0) is 38.3. The number of rotatable bonds is 8. The minimum atomic E-state index is -1.51. The maximum Gasteiger partial charge on any atom is 0.311 e. The number of aliphatic hydroxyl groups is 2. The van der Waals surface area contributed by atoms with Gasteiger partial charge >= 0.3 is 5.97 Å². The molecule has 4 heterocycles. The van der Waals surface area contributed by atoms with E-state index in [-0.39, 0.29) is 48.9 Å². The van der Waals surface area contributed by atoms with Gasteiger partial charge in [0.05, 0.1) is 48.3 Å². The molecule has 4 aliphatic heterocycles. The number of ether oxygens (including phenoxy) is 5. The lowest BCUT2D eigenvalue weighted by atomic mass is 9.75. The predicted molar refractivity (Wildman–Crippen MR) is 193 cm³/mol. The zero-order valence-electron chi connectivity index (χ0n) is 32.5. The molecule has 4 aliphatic rings. The van der Waals surface area contributed by atoms with E-state index < -0.39 is 71.9 Å². The Labute approximate surface area is 308 Å². The summed E-state index contributed by atoms with van der Waals surface area (Å²) in [7, 11) is 3.81. The molecule has 0 amide bonds. The number of likely N-dealkylation sites (N-methyl/N-ethyl adjacent to an activating group) is 1. The van der Waals surface area contributed by atoms with Crippen molar-refractivity contribution in [1.82, 2.24) is 4.90 Å². The number of halogens is 1. The minimum Gasteiger partial charge on any atom is -0.459 e. The van der Waals surface area contributed by atoms with E-state index in [9.17, 15) is 19.4 Å². The highest BCUT2D eigenvalue weighted by Crippen LogP contribution is 2.45. The Morgan fingerprint density at radius 2 is 1.77 bits per heavy atom. The van der Waals surface area contributed by atoms with Crippen molar-refractivity contribution >= 4 is 11.7 Å². The lowest BCUT2D eigenvalue weighted by molar-refractivity contribution is -0.300. The van der Waals surface area contributed by atoms with Gasteiger partial charge in [-0.3, -0.25) is 4.79 Å². The van der Waals surface area contributed by atoms with Crippen LogP contribution in [-0.2, 0) is 33.3 Å². The maximum absolute atomic E-state index is 14.2. The molecule has 0 spiro atoms. The number of hydrogen-bond acceptors (Lipinski definition) is 12. The van der Waals surface area contributed by atoms with Gasteiger partial charge in [-0.15, -0.1) is 0 Å². The highest BCUT2D eigenvalue weighted by atomic mass is 19.1. The fourth-order valence-electron chi connectivity index (χ4n) is 9.11. The van der Waals surface area contributed by atoms with Gasteiger partial charge in [0, 0.05) is 30.3 Å². The van der Waals surface area contributed by atoms with Gasteiger partial charge in [-0.05, 0) is 84.7 Å². The monoisotopic (exact) mass is 735 g/mol. The van der Waals surface area contributed by atoms with Gasteiger partial charge in [0.15, 0.2) is 12.4 Å². The van der Waals surface area contributed by atoms with Crippen LogP contribution in [0.25, 0.3) is 0 Å². The highest BCUT2D eigenvalue weighted by Gasteiger charge is 2.57. The normalized spacial score (nSPS) is 44.7. The minimum absolute atomic E-state index is 0.0663. The third kappa shape index (κ3) is 8.36. The van der Waals surface area contributed by atoms with E-state index in [2.05, 4.69) is 5.16 Å². The average Bonchev–Trinajstić information content (AvgIpc) is 3.65. The second kappa shape index (κ2) is 16.2. The summed E-state index contributed by atoms with van der Waals surface area (Å²) in [6, 6.07) is 5.39. The van der Waals surface area contributed by atoms with Gasteiger partial charge < -0.3 is 49.4 Å². The molecule has 3 fully saturated rings. The first-order valence-corrected chi connectivity index (χ1v) is 19.0. The quantitative estimate of drug-likeness (QED) is 0.332. The van der Waals surface area contributed by atoms with E-state index in [0.717, 1.165) is 5.56 Å². The number of hydrogen-bond donors (Lipinski definition) is 3. The van der Waals surface area contributed by atoms with E-state index >= 15 is 0 Å². The van der Waals surface area contributed by atoms with E-state index in [0.29, 0.717) is 25.0 Å². The van der Waals surface area contributed by atoms with Crippen LogP contribution in [0.5, 0.6) is 0 Å². The molecule has 2 unspecified atom stereocenters. The third-order valence-electron chi connectivity index (χ3n) is 12.1. The Hall–Kier alpha value is -2.23. The number of carbonyl (C=O) groups is 1. The van der Waals surface area contributed by atoms with Crippen molar-refractivity contribution < 1.29 is 47.9 Å². The Balaban J connectivity index is 1.49. The highest BCUT2D eigenvalue weighted by molar-refractivity contribution is 6.01. The molecule has 2 bridgehead atoms. The van der Waals surface area contributed by atoms with Crippen molar-refractivity contribution in [2.75, 3.05) is 20.7 Å². The summed E-state index contributed by atoms with van der Waals surface area (Å²) in [5, 5.41) is 28.3. The fraction of sp³-hybridized carbons (Fsp3) is 0.795. The summed E-state index contributed by atoms with van der Waals surface area (Å²) < 4.78 is 46.2. The molecule has 1 aromatic rings. The first-order chi connectivity index (χ1) is 24.4. The van der Waals surface area contributed by atoms with Crippen LogP contribution in [0.15, 0.2) is 29.4 Å². The van der Waals surface area contributed by atoms with Crippen molar-refractivity contribution in [3.63, 3.8) is 0 Å². The van der Waals surface area contributed by atoms with Crippen molar-refractivity contribution in [1.29, 1.82) is 0 Å². The number of aliphatic hydroxyl groups excluding tert-OH is 1. The van der Waals surface area contributed by atoms with Crippen molar-refractivity contribution in [3.8, 4) is 0 Å². The number of fused-ring (bicyclic) bond motifs is 2. The van der Waals surface area contributed by atoms with Crippen molar-refractivity contribution in [3.05, 3.63) is 35.6 Å². The van der Waals surface area contributed by atoms with Gasteiger partial charge in [-0.2, -0.15) is 0 Å². The zero-order valence-corrected chi connectivity index (χ0v) is 32.5. The van der Waals surface area contributed by atoms with Crippen LogP contribution >= 0.6 is 0 Å². The number of esters is 1. The summed E-state index contributed by atoms with van der Waals surface area (Å²) in [4.78, 5) is 21.9. The maximum atomic E-state index is 14.2. The molecular formula is C39H62FN3O9. The van der Waals surface area contributed by atoms with Gasteiger partial charge in [0.25, 0.3) is 0 Å². The number of benzene rings is 1. The smallest absolute Gasteiger partial charge is 0.311 e. The number of nitrogens with zero attached hydrogens (tertiary/aromatic N) is 2. The summed E-state index contributed by atoms with van der Waals surface area (Å²) in [5.74, 6) is -2.55. The topological polar surface area (TPSA) is 155 Å². The SMILES string of the molecule is CC[C@@H]1OC(=O)[C@H](C)[C@@H](OCC2CC(c3ccc(F)cc3)=NO2)[C@H](C)[C@@H](O[C@@H]2O[C@H](C)C[C@H](N(C)C)[C@H]2O)[C@@](C)(O)C[C@@H](C)[C@H]2OC1(C)[C@@H](N)[C@@H]2C. The number of carbonyl (C=O) groups excluding carboxylic acids is 1. The lowest BCUT2D eigenvalue weighted by Crippen LogP contribution is -2.59. The molecule has 4 N–H and O–H groups in total. The first kappa shape index (κ1) is 40.9. The molecule has 16 atom stereocenters. The molecule has 13 heteroatoms. The molecule has 52 heavy (non-hydrogen) atoms. The number of nitrogens with two attached hydrogens (primary N) is 1. The average molecular weight is 736 g/mol. The molecule has 294 valence electrons. The van der Waals surface area contributed by atoms with Gasteiger partial charge in [-0.1, -0.05) is 45.0 Å². The lowest BCUT2D eigenvalue weighted by Gasteiger charge is -2.47. The molecule has 5 rings (SSSR count). The molecule has 12 nitrogen and oxygen atoms in total. The molecule has 0 saturated carbocycles. The number of cyclic esters (lactones) is 1. The molecule has 0 aliphatic carbocycles. The van der Waals surface area contributed by atoms with Gasteiger partial charge in [0.2, 0.25) is 0 Å². The molecule has 1 aromatic carbocycles. The second-order valence-electron chi connectivity index (χ2n) is 16.6. The molecule has 3 saturated heterocycles. The first-order valence-electron chi connectivity index (χ1n) is 19.0. The predicted octanol–water partition coefficient (Wildman–Crippen LogP) is 4.02.